The van der Waals surface area contributed by atoms with Crippen molar-refractivity contribution in [1.82, 2.24) is 0 Å². The molecule has 2 aromatic heterocycles. The SMILES string of the molecule is O/N=C/c1cc[n+](C2CCC([n+]3ccc(/C=N/O)cc3)O2)cc1.[Cl-].[Cl-]. The molecule has 1 aliphatic rings. The highest BCUT2D eigenvalue weighted by Crippen LogP contribution is 2.27. The molecule has 0 amide bonds. The number of aromatic nitrogens is 2. The molecule has 0 radical (unpaired) electrons. The Labute approximate surface area is 157 Å². The maximum Gasteiger partial charge on any atom is 0.268 e. The van der Waals surface area contributed by atoms with Crippen LogP contribution in [-0.4, -0.2) is 22.8 Å². The molecule has 1 aliphatic heterocycles. The molecule has 134 valence electrons. The average molecular weight is 385 g/mol. The van der Waals surface area contributed by atoms with Crippen molar-refractivity contribution in [1.29, 1.82) is 0 Å². The first kappa shape index (κ1) is 20.8. The molecule has 7 nitrogen and oxygen atoms in total. The zero-order valence-electron chi connectivity index (χ0n) is 13.2. The number of hydrogen-bond acceptors (Lipinski definition) is 5. The Morgan fingerprint density at radius 3 is 1.48 bits per heavy atom. The summed E-state index contributed by atoms with van der Waals surface area (Å²) in [5, 5.41) is 23.1. The van der Waals surface area contributed by atoms with Gasteiger partial charge >= 0.3 is 0 Å². The van der Waals surface area contributed by atoms with Crippen LogP contribution in [0.15, 0.2) is 59.4 Å². The summed E-state index contributed by atoms with van der Waals surface area (Å²) < 4.78 is 10.1. The van der Waals surface area contributed by atoms with Crippen molar-refractivity contribution in [3.05, 3.63) is 60.2 Å². The van der Waals surface area contributed by atoms with Crippen molar-refractivity contribution >= 4 is 12.4 Å². The summed E-state index contributed by atoms with van der Waals surface area (Å²) in [5.41, 5.74) is 1.66. The van der Waals surface area contributed by atoms with E-state index in [1.165, 1.54) is 12.4 Å². The predicted octanol–water partition coefficient (Wildman–Crippen LogP) is -4.61. The van der Waals surface area contributed by atoms with E-state index >= 15 is 0 Å². The number of hydrogen-bond donors (Lipinski definition) is 2. The predicted molar refractivity (Wildman–Crippen MR) is 80.4 cm³/mol. The molecule has 9 heteroatoms. The Balaban J connectivity index is 0.00000156. The molecule has 0 bridgehead atoms. The molecule has 2 atom stereocenters. The van der Waals surface area contributed by atoms with E-state index in [-0.39, 0.29) is 37.3 Å². The van der Waals surface area contributed by atoms with E-state index in [2.05, 4.69) is 10.3 Å². The number of oxime groups is 2. The minimum absolute atomic E-state index is 0. The Morgan fingerprint density at radius 2 is 1.16 bits per heavy atom. The summed E-state index contributed by atoms with van der Waals surface area (Å²) in [6.07, 6.45) is 12.2. The van der Waals surface area contributed by atoms with Crippen LogP contribution in [0.4, 0.5) is 0 Å². The van der Waals surface area contributed by atoms with Crippen molar-refractivity contribution in [3.63, 3.8) is 0 Å². The Kier molecular flexibility index (Phi) is 8.27. The van der Waals surface area contributed by atoms with Crippen LogP contribution in [0.3, 0.4) is 0 Å². The van der Waals surface area contributed by atoms with Crippen molar-refractivity contribution in [3.8, 4) is 0 Å². The summed E-state index contributed by atoms with van der Waals surface area (Å²) in [5.74, 6) is 0. The Morgan fingerprint density at radius 1 is 0.800 bits per heavy atom. The quantitative estimate of drug-likeness (QED) is 0.241. The lowest BCUT2D eigenvalue weighted by Gasteiger charge is -2.07. The van der Waals surface area contributed by atoms with Gasteiger partial charge in [0.15, 0.2) is 24.8 Å². The highest BCUT2D eigenvalue weighted by atomic mass is 35.5. The lowest BCUT2D eigenvalue weighted by atomic mass is 10.2. The highest BCUT2D eigenvalue weighted by molar-refractivity contribution is 5.78. The van der Waals surface area contributed by atoms with Gasteiger partial charge in [-0.15, -0.1) is 0 Å². The van der Waals surface area contributed by atoms with Gasteiger partial charge in [-0.2, -0.15) is 9.13 Å². The molecule has 0 spiro atoms. The third-order valence-electron chi connectivity index (χ3n) is 3.81. The van der Waals surface area contributed by atoms with Crippen molar-refractivity contribution in [2.45, 2.75) is 25.3 Å². The van der Waals surface area contributed by atoms with Gasteiger partial charge in [0.1, 0.15) is 0 Å². The van der Waals surface area contributed by atoms with E-state index in [4.69, 9.17) is 15.2 Å². The molecule has 1 fully saturated rings. The molecule has 3 rings (SSSR count). The Hall–Kier alpha value is -2.22. The van der Waals surface area contributed by atoms with Crippen molar-refractivity contribution in [2.75, 3.05) is 0 Å². The second-order valence-electron chi connectivity index (χ2n) is 5.27. The molecule has 1 saturated heterocycles. The summed E-state index contributed by atoms with van der Waals surface area (Å²) in [6.45, 7) is 0. The van der Waals surface area contributed by atoms with Crippen LogP contribution in [0.2, 0.25) is 0 Å². The molecular weight excluding hydrogens is 367 g/mol. The maximum absolute atomic E-state index is 8.53. The maximum atomic E-state index is 8.53. The lowest BCUT2D eigenvalue weighted by molar-refractivity contribution is -0.809. The number of nitrogens with zero attached hydrogens (tertiary/aromatic N) is 4. The zero-order chi connectivity index (χ0) is 16.1. The monoisotopic (exact) mass is 384 g/mol. The molecule has 0 saturated carbocycles. The molecule has 2 aromatic rings. The average Bonchev–Trinajstić information content (AvgIpc) is 3.07. The normalized spacial score (nSPS) is 19.7. The van der Waals surface area contributed by atoms with Crippen molar-refractivity contribution in [2.24, 2.45) is 10.3 Å². The number of rotatable bonds is 4. The van der Waals surface area contributed by atoms with Gasteiger partial charge in [0, 0.05) is 48.2 Å². The third-order valence-corrected chi connectivity index (χ3v) is 3.81. The molecule has 0 aliphatic carbocycles. The van der Waals surface area contributed by atoms with Gasteiger partial charge in [-0.3, -0.25) is 4.74 Å². The van der Waals surface area contributed by atoms with E-state index < -0.39 is 0 Å². The zero-order valence-corrected chi connectivity index (χ0v) is 14.7. The van der Waals surface area contributed by atoms with Gasteiger partial charge in [-0.1, -0.05) is 10.3 Å². The first-order valence-electron chi connectivity index (χ1n) is 7.32. The molecule has 0 aromatic carbocycles. The number of halogens is 2. The van der Waals surface area contributed by atoms with Crippen LogP contribution >= 0.6 is 0 Å². The molecule has 2 unspecified atom stereocenters. The molecular formula is C16H18Cl2N4O3. The second-order valence-corrected chi connectivity index (χ2v) is 5.27. The smallest absolute Gasteiger partial charge is 0.268 e. The van der Waals surface area contributed by atoms with Crippen molar-refractivity contribution < 1.29 is 49.1 Å². The molecule has 25 heavy (non-hydrogen) atoms. The van der Waals surface area contributed by atoms with Gasteiger partial charge in [0.2, 0.25) is 0 Å². The number of ether oxygens (including phenoxy) is 1. The molecule has 3 heterocycles. The summed E-state index contributed by atoms with van der Waals surface area (Å²) >= 11 is 0. The second kappa shape index (κ2) is 9.93. The van der Waals surface area contributed by atoms with Gasteiger partial charge in [0.05, 0.1) is 12.4 Å². The highest BCUT2D eigenvalue weighted by Gasteiger charge is 2.37. The minimum atomic E-state index is -0.0219. The standard InChI is InChI=1S/C16H16N4O3.2ClH/c21-17-11-13-3-7-19(8-4-13)15-1-2-16(23-15)20-9-5-14(6-10-20)12-18-22;;/h3-12,15-16H,1-2H2;2*1H. The van der Waals surface area contributed by atoms with E-state index in [0.717, 1.165) is 24.0 Å². The van der Waals surface area contributed by atoms with Crippen LogP contribution in [0.1, 0.15) is 36.4 Å². The van der Waals surface area contributed by atoms with E-state index in [0.29, 0.717) is 0 Å². The van der Waals surface area contributed by atoms with Crippen LogP contribution in [-0.2, 0) is 4.74 Å². The van der Waals surface area contributed by atoms with Crippen LogP contribution in [0.5, 0.6) is 0 Å². The summed E-state index contributed by atoms with van der Waals surface area (Å²) in [7, 11) is 0. The van der Waals surface area contributed by atoms with Gasteiger partial charge in [-0.25, -0.2) is 0 Å². The topological polar surface area (TPSA) is 82.2 Å². The van der Waals surface area contributed by atoms with Gasteiger partial charge < -0.3 is 35.2 Å². The number of pyridine rings is 2. The largest absolute Gasteiger partial charge is 1.00 e. The van der Waals surface area contributed by atoms with E-state index in [1.807, 2.05) is 58.2 Å². The Bertz CT molecular complexity index is 647. The van der Waals surface area contributed by atoms with Gasteiger partial charge in [0.25, 0.3) is 12.5 Å². The van der Waals surface area contributed by atoms with Gasteiger partial charge in [-0.05, 0) is 0 Å². The fourth-order valence-electron chi connectivity index (χ4n) is 2.63. The van der Waals surface area contributed by atoms with Crippen LogP contribution in [0, 0.1) is 0 Å². The third kappa shape index (κ3) is 5.12. The fourth-order valence-corrected chi connectivity index (χ4v) is 2.63. The molecule has 2 N–H and O–H groups in total. The summed E-state index contributed by atoms with van der Waals surface area (Å²) in [4.78, 5) is 0. The lowest BCUT2D eigenvalue weighted by Crippen LogP contribution is -3.00. The van der Waals surface area contributed by atoms with E-state index in [1.54, 1.807) is 0 Å². The fraction of sp³-hybridized carbons (Fsp3) is 0.250. The first-order chi connectivity index (χ1) is 11.3. The first-order valence-corrected chi connectivity index (χ1v) is 7.32. The van der Waals surface area contributed by atoms with E-state index in [9.17, 15) is 0 Å². The van der Waals surface area contributed by atoms with Crippen LogP contribution in [0.25, 0.3) is 0 Å². The minimum Gasteiger partial charge on any atom is -1.00 e. The summed E-state index contributed by atoms with van der Waals surface area (Å²) in [6, 6.07) is 7.47. The van der Waals surface area contributed by atoms with Crippen LogP contribution < -0.4 is 33.9 Å².